The summed E-state index contributed by atoms with van der Waals surface area (Å²) in [7, 11) is 2.16. The van der Waals surface area contributed by atoms with Crippen molar-refractivity contribution >= 4 is 0 Å². The highest BCUT2D eigenvalue weighted by Gasteiger charge is 2.25. The first-order chi connectivity index (χ1) is 4.27. The van der Waals surface area contributed by atoms with Crippen molar-refractivity contribution in [2.24, 2.45) is 0 Å². The maximum Gasteiger partial charge on any atom is 0.166 e. The van der Waals surface area contributed by atoms with Gasteiger partial charge in [-0.2, -0.15) is 5.26 Å². The second kappa shape index (κ2) is 2.36. The van der Waals surface area contributed by atoms with E-state index < -0.39 is 0 Å². The number of rotatable bonds is 1. The Bertz CT molecular complexity index is 128. The lowest BCUT2D eigenvalue weighted by Crippen LogP contribution is -2.40. The quantitative estimate of drug-likeness (QED) is 0.375. The predicted octanol–water partition coefficient (Wildman–Crippen LogP) is 0.750. The molecule has 2 heteroatoms. The van der Waals surface area contributed by atoms with Crippen molar-refractivity contribution in [3.8, 4) is 6.07 Å². The lowest BCUT2D eigenvalue weighted by atomic mass is 10.4. The van der Waals surface area contributed by atoms with Gasteiger partial charge in [0.25, 0.3) is 0 Å². The zero-order valence-corrected chi connectivity index (χ0v) is 5.93. The molecule has 9 heavy (non-hydrogen) atoms. The molecule has 0 amide bonds. The summed E-state index contributed by atoms with van der Waals surface area (Å²) in [4.78, 5) is 0. The van der Waals surface area contributed by atoms with Crippen LogP contribution in [0.25, 0.3) is 0 Å². The number of likely N-dealkylation sites (tertiary alicyclic amines) is 1. The van der Waals surface area contributed by atoms with Gasteiger partial charge >= 0.3 is 0 Å². The van der Waals surface area contributed by atoms with Crippen molar-refractivity contribution in [1.29, 1.82) is 5.26 Å². The minimum absolute atomic E-state index is 0.694. The maximum absolute atomic E-state index is 8.43. The van der Waals surface area contributed by atoms with Crippen LogP contribution in [-0.4, -0.2) is 31.2 Å². The molecule has 0 unspecified atom stereocenters. The van der Waals surface area contributed by atoms with E-state index in [1.807, 2.05) is 0 Å². The monoisotopic (exact) mass is 125 g/mol. The van der Waals surface area contributed by atoms with E-state index in [0.717, 1.165) is 4.48 Å². The molecule has 0 aliphatic carbocycles. The Morgan fingerprint density at radius 3 is 2.44 bits per heavy atom. The molecule has 50 valence electrons. The van der Waals surface area contributed by atoms with E-state index in [0.29, 0.717) is 6.54 Å². The third-order valence-corrected chi connectivity index (χ3v) is 2.10. The molecule has 0 radical (unpaired) electrons. The molecule has 1 saturated heterocycles. The first-order valence-electron chi connectivity index (χ1n) is 3.47. The van der Waals surface area contributed by atoms with Gasteiger partial charge in [0.05, 0.1) is 20.1 Å². The average Bonchev–Trinajstić information content (AvgIpc) is 2.16. The van der Waals surface area contributed by atoms with Gasteiger partial charge in [0, 0.05) is 12.8 Å². The Labute approximate surface area is 56.3 Å². The third-order valence-electron chi connectivity index (χ3n) is 2.10. The predicted molar refractivity (Wildman–Crippen MR) is 35.6 cm³/mol. The van der Waals surface area contributed by atoms with Crippen LogP contribution in [0.1, 0.15) is 12.8 Å². The van der Waals surface area contributed by atoms with Gasteiger partial charge < -0.3 is 4.48 Å². The van der Waals surface area contributed by atoms with Gasteiger partial charge in [0.15, 0.2) is 6.54 Å². The Morgan fingerprint density at radius 1 is 1.44 bits per heavy atom. The molecule has 0 aromatic carbocycles. The smallest absolute Gasteiger partial charge is 0.166 e. The normalized spacial score (nSPS) is 23.6. The van der Waals surface area contributed by atoms with Crippen molar-refractivity contribution in [2.75, 3.05) is 26.7 Å². The van der Waals surface area contributed by atoms with Crippen molar-refractivity contribution in [3.63, 3.8) is 0 Å². The molecule has 0 atom stereocenters. The zero-order valence-electron chi connectivity index (χ0n) is 5.93. The highest BCUT2D eigenvalue weighted by Crippen LogP contribution is 2.14. The van der Waals surface area contributed by atoms with Crippen LogP contribution in [0.3, 0.4) is 0 Å². The summed E-state index contributed by atoms with van der Waals surface area (Å²) in [5.74, 6) is 0. The summed E-state index contributed by atoms with van der Waals surface area (Å²) in [5.41, 5.74) is 0. The van der Waals surface area contributed by atoms with Crippen molar-refractivity contribution in [1.82, 2.24) is 0 Å². The molecule has 1 aliphatic heterocycles. The second-order valence-electron chi connectivity index (χ2n) is 3.09. The van der Waals surface area contributed by atoms with Gasteiger partial charge in [0.1, 0.15) is 6.07 Å². The van der Waals surface area contributed by atoms with Crippen molar-refractivity contribution < 1.29 is 4.48 Å². The SMILES string of the molecule is C[N+]1(CC#N)CCCC1. The highest BCUT2D eigenvalue weighted by molar-refractivity contribution is 4.69. The van der Waals surface area contributed by atoms with Crippen LogP contribution in [0.15, 0.2) is 0 Å². The highest BCUT2D eigenvalue weighted by atomic mass is 15.3. The lowest BCUT2D eigenvalue weighted by Gasteiger charge is -2.25. The Hall–Kier alpha value is -0.550. The number of hydrogen-bond donors (Lipinski definition) is 0. The van der Waals surface area contributed by atoms with E-state index in [9.17, 15) is 0 Å². The van der Waals surface area contributed by atoms with E-state index in [4.69, 9.17) is 5.26 Å². The summed E-state index contributed by atoms with van der Waals surface area (Å²) in [6, 6.07) is 2.22. The first-order valence-corrected chi connectivity index (χ1v) is 3.47. The number of quaternary nitrogens is 1. The molecule has 1 aliphatic rings. The van der Waals surface area contributed by atoms with E-state index in [1.165, 1.54) is 25.9 Å². The molecule has 0 bridgehead atoms. The van der Waals surface area contributed by atoms with E-state index in [1.54, 1.807) is 0 Å². The summed E-state index contributed by atoms with van der Waals surface area (Å²) >= 11 is 0. The first kappa shape index (κ1) is 6.57. The lowest BCUT2D eigenvalue weighted by molar-refractivity contribution is -0.890. The third kappa shape index (κ3) is 1.43. The summed E-state index contributed by atoms with van der Waals surface area (Å²) in [6.45, 7) is 3.10. The van der Waals surface area contributed by atoms with Gasteiger partial charge in [-0.3, -0.25) is 0 Å². The molecular formula is C7H13N2+. The van der Waals surface area contributed by atoms with Gasteiger partial charge in [-0.05, 0) is 0 Å². The summed E-state index contributed by atoms with van der Waals surface area (Å²) in [5, 5.41) is 8.43. The molecule has 0 saturated carbocycles. The molecule has 2 nitrogen and oxygen atoms in total. The van der Waals surface area contributed by atoms with Crippen molar-refractivity contribution in [2.45, 2.75) is 12.8 Å². The van der Waals surface area contributed by atoms with Gasteiger partial charge in [-0.15, -0.1) is 0 Å². The molecule has 0 N–H and O–H groups in total. The van der Waals surface area contributed by atoms with Gasteiger partial charge in [-0.25, -0.2) is 0 Å². The minimum atomic E-state index is 0.694. The maximum atomic E-state index is 8.43. The van der Waals surface area contributed by atoms with Crippen LogP contribution < -0.4 is 0 Å². The van der Waals surface area contributed by atoms with Crippen molar-refractivity contribution in [3.05, 3.63) is 0 Å². The van der Waals surface area contributed by atoms with Crippen LogP contribution in [0.4, 0.5) is 0 Å². The van der Waals surface area contributed by atoms with Crippen LogP contribution in [-0.2, 0) is 0 Å². The number of nitrogens with zero attached hydrogens (tertiary/aromatic N) is 2. The van der Waals surface area contributed by atoms with E-state index >= 15 is 0 Å². The summed E-state index contributed by atoms with van der Waals surface area (Å²) in [6.07, 6.45) is 2.61. The molecule has 1 fully saturated rings. The largest absolute Gasteiger partial charge is 0.314 e. The van der Waals surface area contributed by atoms with Gasteiger partial charge in [0.2, 0.25) is 0 Å². The number of hydrogen-bond acceptors (Lipinski definition) is 1. The molecule has 1 rings (SSSR count). The number of nitriles is 1. The summed E-state index contributed by atoms with van der Waals surface area (Å²) < 4.78 is 0.983. The minimum Gasteiger partial charge on any atom is -0.314 e. The van der Waals surface area contributed by atoms with Crippen LogP contribution in [0.2, 0.25) is 0 Å². The van der Waals surface area contributed by atoms with E-state index in [2.05, 4.69) is 13.1 Å². The second-order valence-corrected chi connectivity index (χ2v) is 3.09. The fourth-order valence-corrected chi connectivity index (χ4v) is 1.43. The fraction of sp³-hybridized carbons (Fsp3) is 0.857. The Morgan fingerprint density at radius 2 is 2.00 bits per heavy atom. The molecule has 0 aromatic rings. The van der Waals surface area contributed by atoms with Gasteiger partial charge in [-0.1, -0.05) is 0 Å². The molecular weight excluding hydrogens is 112 g/mol. The molecule has 1 heterocycles. The van der Waals surface area contributed by atoms with Crippen LogP contribution in [0.5, 0.6) is 0 Å². The Kier molecular flexibility index (Phi) is 1.73. The van der Waals surface area contributed by atoms with Crippen LogP contribution in [0, 0.1) is 11.3 Å². The molecule has 0 spiro atoms. The average molecular weight is 125 g/mol. The van der Waals surface area contributed by atoms with Crippen LogP contribution >= 0.6 is 0 Å². The standard InChI is InChI=1S/C7H13N2/c1-9(7-4-8)5-2-3-6-9/h2-3,5-7H2,1H3/q+1. The molecule has 0 aromatic heterocycles. The Balaban J connectivity index is 2.43. The fourth-order valence-electron chi connectivity index (χ4n) is 1.43. The zero-order chi connectivity index (χ0) is 6.74. The topological polar surface area (TPSA) is 23.8 Å². The van der Waals surface area contributed by atoms with E-state index in [-0.39, 0.29) is 0 Å².